The summed E-state index contributed by atoms with van der Waals surface area (Å²) in [6.07, 6.45) is 5.15. The molecule has 0 aromatic heterocycles. The van der Waals surface area contributed by atoms with Gasteiger partial charge in [-0.25, -0.2) is 4.79 Å². The summed E-state index contributed by atoms with van der Waals surface area (Å²) in [5, 5.41) is 9.53. The Morgan fingerprint density at radius 1 is 1.38 bits per heavy atom. The second-order valence-corrected chi connectivity index (χ2v) is 5.57. The van der Waals surface area contributed by atoms with Crippen molar-refractivity contribution in [3.8, 4) is 5.75 Å². The lowest BCUT2D eigenvalue weighted by Gasteiger charge is -2.21. The molecule has 1 unspecified atom stereocenters. The second-order valence-electron chi connectivity index (χ2n) is 5.57. The average Bonchev–Trinajstić information content (AvgIpc) is 2.97. The van der Waals surface area contributed by atoms with Gasteiger partial charge in [0.15, 0.2) is 6.10 Å². The minimum atomic E-state index is -0.582. The Morgan fingerprint density at radius 3 is 2.81 bits per heavy atom. The van der Waals surface area contributed by atoms with Gasteiger partial charge in [-0.3, -0.25) is 0 Å². The number of esters is 1. The smallest absolute Gasteiger partial charge is 0.335 e. The van der Waals surface area contributed by atoms with Gasteiger partial charge in [0, 0.05) is 6.42 Å². The van der Waals surface area contributed by atoms with E-state index in [0.717, 1.165) is 37.7 Å². The van der Waals surface area contributed by atoms with Crippen LogP contribution in [0.3, 0.4) is 0 Å². The molecule has 2 rings (SSSR count). The van der Waals surface area contributed by atoms with E-state index in [0.29, 0.717) is 13.0 Å². The lowest BCUT2D eigenvalue weighted by Crippen LogP contribution is -2.32. The van der Waals surface area contributed by atoms with Crippen LogP contribution in [0.5, 0.6) is 5.75 Å². The average molecular weight is 292 g/mol. The molecular formula is C17H24O4. The first kappa shape index (κ1) is 15.8. The Balaban J connectivity index is 2.01. The third-order valence-electron chi connectivity index (χ3n) is 3.70. The van der Waals surface area contributed by atoms with Crippen molar-refractivity contribution in [3.63, 3.8) is 0 Å². The van der Waals surface area contributed by atoms with E-state index in [9.17, 15) is 9.90 Å². The van der Waals surface area contributed by atoms with E-state index in [1.807, 2.05) is 13.0 Å². The third kappa shape index (κ3) is 5.05. The molecule has 116 valence electrons. The van der Waals surface area contributed by atoms with Gasteiger partial charge in [-0.2, -0.15) is 0 Å². The normalized spacial score (nSPS) is 16.8. The van der Waals surface area contributed by atoms with E-state index < -0.39 is 6.10 Å². The van der Waals surface area contributed by atoms with Crippen molar-refractivity contribution in [2.75, 3.05) is 6.61 Å². The molecule has 4 nitrogen and oxygen atoms in total. The Morgan fingerprint density at radius 2 is 2.14 bits per heavy atom. The number of phenols is 1. The van der Waals surface area contributed by atoms with Crippen LogP contribution in [0.4, 0.5) is 0 Å². The van der Waals surface area contributed by atoms with Crippen LogP contribution in [0, 0.1) is 0 Å². The SMILES string of the molecule is CCCOC(=O)C(Cc1cccc(O)c1)OC1CCCC1. The summed E-state index contributed by atoms with van der Waals surface area (Å²) >= 11 is 0. The summed E-state index contributed by atoms with van der Waals surface area (Å²) in [7, 11) is 0. The highest BCUT2D eigenvalue weighted by Crippen LogP contribution is 2.24. The number of hydrogen-bond donors (Lipinski definition) is 1. The maximum Gasteiger partial charge on any atom is 0.335 e. The molecule has 21 heavy (non-hydrogen) atoms. The summed E-state index contributed by atoms with van der Waals surface area (Å²) < 4.78 is 11.2. The monoisotopic (exact) mass is 292 g/mol. The maximum atomic E-state index is 12.2. The fourth-order valence-corrected chi connectivity index (χ4v) is 2.64. The Bertz CT molecular complexity index is 452. The number of carbonyl (C=O) groups excluding carboxylic acids is 1. The molecule has 1 aliphatic rings. The van der Waals surface area contributed by atoms with Crippen molar-refractivity contribution in [3.05, 3.63) is 29.8 Å². The molecule has 0 heterocycles. The van der Waals surface area contributed by atoms with E-state index in [1.54, 1.807) is 18.2 Å². The number of hydrogen-bond acceptors (Lipinski definition) is 4. The maximum absolute atomic E-state index is 12.2. The van der Waals surface area contributed by atoms with Crippen molar-refractivity contribution in [2.24, 2.45) is 0 Å². The highest BCUT2D eigenvalue weighted by molar-refractivity contribution is 5.75. The molecule has 1 atom stereocenters. The molecule has 0 bridgehead atoms. The van der Waals surface area contributed by atoms with Crippen LogP contribution >= 0.6 is 0 Å². The van der Waals surface area contributed by atoms with Crippen LogP contribution in [0.25, 0.3) is 0 Å². The molecule has 0 amide bonds. The molecular weight excluding hydrogens is 268 g/mol. The van der Waals surface area contributed by atoms with E-state index in [4.69, 9.17) is 9.47 Å². The lowest BCUT2D eigenvalue weighted by atomic mass is 10.1. The molecule has 1 aliphatic carbocycles. The second kappa shape index (κ2) is 8.03. The molecule has 1 aromatic carbocycles. The molecule has 0 aliphatic heterocycles. The van der Waals surface area contributed by atoms with Crippen molar-refractivity contribution >= 4 is 5.97 Å². The number of ether oxygens (including phenoxy) is 2. The van der Waals surface area contributed by atoms with Crippen molar-refractivity contribution < 1.29 is 19.4 Å². The zero-order valence-electron chi connectivity index (χ0n) is 12.6. The first-order chi connectivity index (χ1) is 10.2. The summed E-state index contributed by atoms with van der Waals surface area (Å²) in [5.74, 6) is -0.0962. The zero-order valence-corrected chi connectivity index (χ0v) is 12.6. The summed E-state index contributed by atoms with van der Waals surface area (Å²) in [6.45, 7) is 2.39. The lowest BCUT2D eigenvalue weighted by molar-refractivity contribution is -0.160. The van der Waals surface area contributed by atoms with E-state index in [1.165, 1.54) is 0 Å². The summed E-state index contributed by atoms with van der Waals surface area (Å²) in [6, 6.07) is 6.94. The summed E-state index contributed by atoms with van der Waals surface area (Å²) in [4.78, 5) is 12.2. The molecule has 0 spiro atoms. The van der Waals surface area contributed by atoms with Crippen molar-refractivity contribution in [1.82, 2.24) is 0 Å². The number of carbonyl (C=O) groups is 1. The van der Waals surface area contributed by atoms with Gasteiger partial charge in [0.2, 0.25) is 0 Å². The molecule has 0 radical (unpaired) electrons. The highest BCUT2D eigenvalue weighted by atomic mass is 16.6. The molecule has 1 N–H and O–H groups in total. The minimum Gasteiger partial charge on any atom is -0.508 e. The fourth-order valence-electron chi connectivity index (χ4n) is 2.64. The van der Waals surface area contributed by atoms with Crippen LogP contribution in [0.2, 0.25) is 0 Å². The minimum absolute atomic E-state index is 0.154. The van der Waals surface area contributed by atoms with Crippen LogP contribution in [0.1, 0.15) is 44.6 Å². The predicted molar refractivity (Wildman–Crippen MR) is 80.2 cm³/mol. The van der Waals surface area contributed by atoms with Gasteiger partial charge < -0.3 is 14.6 Å². The Hall–Kier alpha value is -1.55. The van der Waals surface area contributed by atoms with Gasteiger partial charge in [0.25, 0.3) is 0 Å². The number of benzene rings is 1. The van der Waals surface area contributed by atoms with Gasteiger partial charge >= 0.3 is 5.97 Å². The first-order valence-electron chi connectivity index (χ1n) is 7.79. The predicted octanol–water partition coefficient (Wildman–Crippen LogP) is 3.22. The highest BCUT2D eigenvalue weighted by Gasteiger charge is 2.27. The van der Waals surface area contributed by atoms with Gasteiger partial charge in [-0.15, -0.1) is 0 Å². The van der Waals surface area contributed by atoms with Crippen LogP contribution in [-0.2, 0) is 20.7 Å². The molecule has 1 saturated carbocycles. The largest absolute Gasteiger partial charge is 0.508 e. The number of rotatable bonds is 7. The van der Waals surface area contributed by atoms with Gasteiger partial charge in [-0.1, -0.05) is 31.9 Å². The van der Waals surface area contributed by atoms with Crippen molar-refractivity contribution in [1.29, 1.82) is 0 Å². The Kier molecular flexibility index (Phi) is 6.05. The number of aromatic hydroxyl groups is 1. The molecule has 1 fully saturated rings. The first-order valence-corrected chi connectivity index (χ1v) is 7.79. The summed E-state index contributed by atoms with van der Waals surface area (Å²) in [5.41, 5.74) is 0.881. The molecule has 0 saturated heterocycles. The quantitative estimate of drug-likeness (QED) is 0.784. The van der Waals surface area contributed by atoms with Crippen LogP contribution < -0.4 is 0 Å². The fraction of sp³-hybridized carbons (Fsp3) is 0.588. The van der Waals surface area contributed by atoms with Crippen LogP contribution in [0.15, 0.2) is 24.3 Å². The van der Waals surface area contributed by atoms with E-state index in [2.05, 4.69) is 0 Å². The topological polar surface area (TPSA) is 55.8 Å². The standard InChI is InChI=1S/C17H24O4/c1-2-10-20-17(19)16(21-15-8-3-4-9-15)12-13-6-5-7-14(18)11-13/h5-7,11,15-16,18H,2-4,8-10,12H2,1H3. The zero-order chi connectivity index (χ0) is 15.1. The van der Waals surface area contributed by atoms with Crippen molar-refractivity contribution in [2.45, 2.75) is 57.7 Å². The third-order valence-corrected chi connectivity index (χ3v) is 3.70. The van der Waals surface area contributed by atoms with E-state index >= 15 is 0 Å². The number of phenolic OH excluding ortho intramolecular Hbond substituents is 1. The Labute approximate surface area is 126 Å². The molecule has 1 aromatic rings. The van der Waals surface area contributed by atoms with Gasteiger partial charge in [0.1, 0.15) is 5.75 Å². The van der Waals surface area contributed by atoms with Gasteiger partial charge in [0.05, 0.1) is 12.7 Å². The molecule has 4 heteroatoms. The van der Waals surface area contributed by atoms with Gasteiger partial charge in [-0.05, 0) is 37.0 Å². The van der Waals surface area contributed by atoms with E-state index in [-0.39, 0.29) is 17.8 Å². The van der Waals surface area contributed by atoms with Crippen LogP contribution in [-0.4, -0.2) is 29.9 Å².